The van der Waals surface area contributed by atoms with Gasteiger partial charge >= 0.3 is 6.18 Å². The average molecular weight is 333 g/mol. The Hall–Kier alpha value is -0.830. The second kappa shape index (κ2) is 7.82. The van der Waals surface area contributed by atoms with Gasteiger partial charge in [0.2, 0.25) is 10.0 Å². The summed E-state index contributed by atoms with van der Waals surface area (Å²) in [7, 11) is -2.13. The van der Waals surface area contributed by atoms with Crippen LogP contribution in [-0.2, 0) is 22.0 Å². The molecule has 0 heterocycles. The smallest absolute Gasteiger partial charge is 0.318 e. The highest BCUT2D eigenvalue weighted by Crippen LogP contribution is 2.32. The molecule has 0 unspecified atom stereocenters. The summed E-state index contributed by atoms with van der Waals surface area (Å²) in [5.41, 5.74) is -1.18. The lowest BCUT2D eigenvalue weighted by molar-refractivity contribution is -0.138. The van der Waals surface area contributed by atoms with Crippen LogP contribution in [-0.4, -0.2) is 28.6 Å². The Bertz CT molecular complexity index is 521. The Labute approximate surface area is 122 Å². The Balaban J connectivity index is 0.00000361. The molecule has 0 atom stereocenters. The van der Waals surface area contributed by atoms with Crippen LogP contribution >= 0.6 is 12.4 Å². The summed E-state index contributed by atoms with van der Waals surface area (Å²) in [5, 5.41) is 2.73. The Morgan fingerprint density at radius 1 is 1.15 bits per heavy atom. The molecule has 0 aromatic heterocycles. The molecule has 0 radical (unpaired) electrons. The van der Waals surface area contributed by atoms with Gasteiger partial charge < -0.3 is 5.32 Å². The molecule has 1 aromatic rings. The van der Waals surface area contributed by atoms with Crippen molar-refractivity contribution in [2.45, 2.75) is 11.9 Å². The summed E-state index contributed by atoms with van der Waals surface area (Å²) in [5.74, 6) is -0.688. The van der Waals surface area contributed by atoms with E-state index >= 15 is 0 Å². The summed E-state index contributed by atoms with van der Waals surface area (Å²) < 4.78 is 63.6. The van der Waals surface area contributed by atoms with Crippen molar-refractivity contribution in [2.24, 2.45) is 0 Å². The van der Waals surface area contributed by atoms with Gasteiger partial charge in [-0.3, -0.25) is 0 Å². The van der Waals surface area contributed by atoms with Crippen molar-refractivity contribution in [3.8, 4) is 0 Å². The lowest BCUT2D eigenvalue weighted by Gasteiger charge is -2.13. The fourth-order valence-corrected chi connectivity index (χ4v) is 2.69. The zero-order chi connectivity index (χ0) is 14.5. The van der Waals surface area contributed by atoms with E-state index in [9.17, 15) is 21.6 Å². The molecule has 0 aliphatic carbocycles. The second-order valence-corrected chi connectivity index (χ2v) is 5.72. The molecule has 116 valence electrons. The normalized spacial score (nSPS) is 12.0. The Kier molecular flexibility index (Phi) is 7.50. The van der Waals surface area contributed by atoms with Gasteiger partial charge in [0, 0.05) is 13.1 Å². The van der Waals surface area contributed by atoms with Crippen LogP contribution < -0.4 is 10.0 Å². The van der Waals surface area contributed by atoms with Gasteiger partial charge in [0.15, 0.2) is 0 Å². The summed E-state index contributed by atoms with van der Waals surface area (Å²) in [6.45, 7) is 0.535. The van der Waals surface area contributed by atoms with Crippen LogP contribution in [0.15, 0.2) is 24.3 Å². The Morgan fingerprint density at radius 2 is 1.75 bits per heavy atom. The van der Waals surface area contributed by atoms with Crippen LogP contribution in [0.4, 0.5) is 13.2 Å². The van der Waals surface area contributed by atoms with Crippen LogP contribution in [0.25, 0.3) is 0 Å². The van der Waals surface area contributed by atoms with E-state index in [1.165, 1.54) is 18.2 Å². The number of hydrogen-bond acceptors (Lipinski definition) is 3. The van der Waals surface area contributed by atoms with Gasteiger partial charge in [-0.25, -0.2) is 13.1 Å². The molecule has 9 heteroatoms. The van der Waals surface area contributed by atoms with Crippen molar-refractivity contribution < 1.29 is 21.6 Å². The lowest BCUT2D eigenvalue weighted by Crippen LogP contribution is -2.31. The van der Waals surface area contributed by atoms with Crippen molar-refractivity contribution >= 4 is 22.4 Å². The van der Waals surface area contributed by atoms with Crippen molar-refractivity contribution in [1.82, 2.24) is 10.0 Å². The highest BCUT2D eigenvalue weighted by atomic mass is 35.5. The van der Waals surface area contributed by atoms with Gasteiger partial charge in [-0.05, 0) is 18.7 Å². The molecule has 0 fully saturated rings. The van der Waals surface area contributed by atoms with Gasteiger partial charge in [0.1, 0.15) is 0 Å². The van der Waals surface area contributed by atoms with Crippen LogP contribution in [0.3, 0.4) is 0 Å². The molecule has 0 spiro atoms. The van der Waals surface area contributed by atoms with E-state index in [0.29, 0.717) is 6.54 Å². The molecule has 0 bridgehead atoms. The first-order valence-electron chi connectivity index (χ1n) is 5.53. The number of alkyl halides is 3. The first-order valence-corrected chi connectivity index (χ1v) is 7.18. The number of halogens is 4. The minimum Gasteiger partial charge on any atom is -0.318 e. The molecular formula is C11H16ClF3N2O2S. The maximum Gasteiger partial charge on any atom is 0.416 e. The monoisotopic (exact) mass is 332 g/mol. The largest absolute Gasteiger partial charge is 0.416 e. The molecule has 0 saturated carbocycles. The number of sulfonamides is 1. The molecule has 2 N–H and O–H groups in total. The maximum atomic E-state index is 12.7. The van der Waals surface area contributed by atoms with Crippen LogP contribution in [0.1, 0.15) is 11.1 Å². The third-order valence-corrected chi connectivity index (χ3v) is 3.70. The molecule has 4 nitrogen and oxygen atoms in total. The van der Waals surface area contributed by atoms with E-state index in [0.717, 1.165) is 6.07 Å². The number of rotatable bonds is 6. The standard InChI is InChI=1S/C11H15F3N2O2S.ClH/c1-15-6-7-16-19(17,18)8-9-4-2-3-5-10(9)11(12,13)14;/h2-5,15-16H,6-8H2,1H3;1H. The Morgan fingerprint density at radius 3 is 2.30 bits per heavy atom. The van der Waals surface area contributed by atoms with E-state index in [4.69, 9.17) is 0 Å². The predicted molar refractivity (Wildman–Crippen MR) is 73.2 cm³/mol. The average Bonchev–Trinajstić information content (AvgIpc) is 2.27. The van der Waals surface area contributed by atoms with Crippen LogP contribution in [0, 0.1) is 0 Å². The lowest BCUT2D eigenvalue weighted by atomic mass is 10.1. The van der Waals surface area contributed by atoms with Gasteiger partial charge in [-0.2, -0.15) is 13.2 Å². The summed E-state index contributed by atoms with van der Waals surface area (Å²) in [6.07, 6.45) is -4.56. The maximum absolute atomic E-state index is 12.7. The zero-order valence-corrected chi connectivity index (χ0v) is 12.3. The predicted octanol–water partition coefficient (Wildman–Crippen LogP) is 1.77. The summed E-state index contributed by atoms with van der Waals surface area (Å²) in [4.78, 5) is 0. The highest BCUT2D eigenvalue weighted by molar-refractivity contribution is 7.88. The molecule has 0 aliphatic heterocycles. The molecule has 0 aliphatic rings. The molecule has 20 heavy (non-hydrogen) atoms. The molecule has 0 amide bonds. The van der Waals surface area contributed by atoms with E-state index in [2.05, 4.69) is 10.0 Å². The van der Waals surface area contributed by atoms with Gasteiger partial charge in [-0.1, -0.05) is 18.2 Å². The molecular weight excluding hydrogens is 317 g/mol. The minimum absolute atomic E-state index is 0. The molecule has 1 aromatic carbocycles. The van der Waals surface area contributed by atoms with Gasteiger partial charge in [0.25, 0.3) is 0 Å². The number of likely N-dealkylation sites (N-methyl/N-ethyl adjacent to an activating group) is 1. The van der Waals surface area contributed by atoms with E-state index in [1.54, 1.807) is 7.05 Å². The number of hydrogen-bond donors (Lipinski definition) is 2. The van der Waals surface area contributed by atoms with Gasteiger partial charge in [-0.15, -0.1) is 12.4 Å². The molecule has 1 rings (SSSR count). The minimum atomic E-state index is -4.56. The van der Waals surface area contributed by atoms with Crippen LogP contribution in [0.5, 0.6) is 0 Å². The number of nitrogens with one attached hydrogen (secondary N) is 2. The highest BCUT2D eigenvalue weighted by Gasteiger charge is 2.33. The van der Waals surface area contributed by atoms with E-state index in [1.807, 2.05) is 0 Å². The third-order valence-electron chi connectivity index (χ3n) is 2.37. The van der Waals surface area contributed by atoms with Crippen molar-refractivity contribution in [2.75, 3.05) is 20.1 Å². The number of benzene rings is 1. The van der Waals surface area contributed by atoms with E-state index < -0.39 is 27.5 Å². The van der Waals surface area contributed by atoms with Crippen LogP contribution in [0.2, 0.25) is 0 Å². The van der Waals surface area contributed by atoms with Crippen molar-refractivity contribution in [1.29, 1.82) is 0 Å². The van der Waals surface area contributed by atoms with Crippen molar-refractivity contribution in [3.05, 3.63) is 35.4 Å². The summed E-state index contributed by atoms with van der Waals surface area (Å²) >= 11 is 0. The zero-order valence-electron chi connectivity index (χ0n) is 10.7. The fraction of sp³-hybridized carbons (Fsp3) is 0.455. The van der Waals surface area contributed by atoms with Gasteiger partial charge in [0.05, 0.1) is 11.3 Å². The summed E-state index contributed by atoms with van der Waals surface area (Å²) in [6, 6.07) is 4.65. The fourth-order valence-electron chi connectivity index (χ4n) is 1.51. The topological polar surface area (TPSA) is 58.2 Å². The van der Waals surface area contributed by atoms with E-state index in [-0.39, 0.29) is 24.5 Å². The third kappa shape index (κ3) is 6.08. The quantitative estimate of drug-likeness (QED) is 0.781. The second-order valence-electron chi connectivity index (χ2n) is 3.91. The SMILES string of the molecule is CNCCNS(=O)(=O)Cc1ccccc1C(F)(F)F.Cl. The first-order chi connectivity index (χ1) is 8.76. The van der Waals surface area contributed by atoms with Crippen molar-refractivity contribution in [3.63, 3.8) is 0 Å². The first kappa shape index (κ1) is 19.2. The molecule has 0 saturated heterocycles.